The van der Waals surface area contributed by atoms with Gasteiger partial charge < -0.3 is 5.73 Å². The predicted molar refractivity (Wildman–Crippen MR) is 71.3 cm³/mol. The molecule has 16 heavy (non-hydrogen) atoms. The van der Waals surface area contributed by atoms with Gasteiger partial charge in [-0.05, 0) is 39.3 Å². The highest BCUT2D eigenvalue weighted by molar-refractivity contribution is 7.11. The van der Waals surface area contributed by atoms with Crippen molar-refractivity contribution in [1.82, 2.24) is 9.88 Å². The Balaban J connectivity index is 0.00000128. The summed E-state index contributed by atoms with van der Waals surface area (Å²) >= 11 is 1.83. The van der Waals surface area contributed by atoms with Crippen LogP contribution in [0.4, 0.5) is 0 Å². The van der Waals surface area contributed by atoms with Gasteiger partial charge in [-0.3, -0.25) is 4.90 Å². The Morgan fingerprint density at radius 1 is 1.50 bits per heavy atom. The fraction of sp³-hybridized carbons (Fsp3) is 0.727. The first-order chi connectivity index (χ1) is 7.19. The van der Waals surface area contributed by atoms with Crippen LogP contribution in [0.1, 0.15) is 22.0 Å². The van der Waals surface area contributed by atoms with Gasteiger partial charge >= 0.3 is 0 Å². The maximum atomic E-state index is 5.69. The average Bonchev–Trinajstić information content (AvgIpc) is 2.75. The van der Waals surface area contributed by atoms with Gasteiger partial charge in [-0.25, -0.2) is 4.98 Å². The van der Waals surface area contributed by atoms with Crippen molar-refractivity contribution in [1.29, 1.82) is 0 Å². The second-order valence-electron chi connectivity index (χ2n) is 4.37. The number of nitrogens with zero attached hydrogens (tertiary/aromatic N) is 2. The molecule has 1 atom stereocenters. The summed E-state index contributed by atoms with van der Waals surface area (Å²) in [5, 5.41) is 1.18. The summed E-state index contributed by atoms with van der Waals surface area (Å²) in [4.78, 5) is 8.38. The molecule has 1 aliphatic heterocycles. The van der Waals surface area contributed by atoms with E-state index in [0.29, 0.717) is 5.92 Å². The molecule has 5 heteroatoms. The molecule has 2 heterocycles. The molecule has 2 rings (SSSR count). The van der Waals surface area contributed by atoms with Crippen LogP contribution < -0.4 is 5.73 Å². The van der Waals surface area contributed by atoms with Gasteiger partial charge in [-0.1, -0.05) is 0 Å². The fourth-order valence-electron chi connectivity index (χ4n) is 2.17. The number of hydrogen-bond acceptors (Lipinski definition) is 4. The third kappa shape index (κ3) is 3.17. The van der Waals surface area contributed by atoms with Gasteiger partial charge in [0.05, 0.1) is 10.7 Å². The van der Waals surface area contributed by atoms with Crippen molar-refractivity contribution in [2.24, 2.45) is 11.7 Å². The van der Waals surface area contributed by atoms with E-state index in [9.17, 15) is 0 Å². The second kappa shape index (κ2) is 5.96. The lowest BCUT2D eigenvalue weighted by Crippen LogP contribution is -2.22. The van der Waals surface area contributed by atoms with Crippen LogP contribution >= 0.6 is 23.7 Å². The fourth-order valence-corrected chi connectivity index (χ4v) is 3.15. The number of likely N-dealkylation sites (tertiary alicyclic amines) is 1. The van der Waals surface area contributed by atoms with Crippen LogP contribution in [0.5, 0.6) is 0 Å². The van der Waals surface area contributed by atoms with Crippen LogP contribution in [0.25, 0.3) is 0 Å². The Morgan fingerprint density at radius 3 is 2.75 bits per heavy atom. The Bertz CT molecular complexity index is 340. The van der Waals surface area contributed by atoms with E-state index in [1.807, 2.05) is 11.3 Å². The quantitative estimate of drug-likeness (QED) is 0.905. The number of hydrogen-bond donors (Lipinski definition) is 1. The normalized spacial score (nSPS) is 21.1. The van der Waals surface area contributed by atoms with Crippen molar-refractivity contribution in [2.45, 2.75) is 26.8 Å². The van der Waals surface area contributed by atoms with Gasteiger partial charge in [-0.2, -0.15) is 0 Å². The molecule has 0 aliphatic carbocycles. The number of thiazole rings is 1. The topological polar surface area (TPSA) is 42.2 Å². The lowest BCUT2D eigenvalue weighted by Gasteiger charge is -2.14. The SMILES string of the molecule is Cc1nc(C)c(CN2CCC(CN)C2)s1.Cl. The van der Waals surface area contributed by atoms with Crippen molar-refractivity contribution >= 4 is 23.7 Å². The van der Waals surface area contributed by atoms with E-state index < -0.39 is 0 Å². The molecule has 0 bridgehead atoms. The van der Waals surface area contributed by atoms with Gasteiger partial charge in [-0.15, -0.1) is 23.7 Å². The zero-order chi connectivity index (χ0) is 10.8. The summed E-state index contributed by atoms with van der Waals surface area (Å²) in [5.41, 5.74) is 6.89. The van der Waals surface area contributed by atoms with E-state index in [2.05, 4.69) is 23.7 Å². The van der Waals surface area contributed by atoms with Crippen LogP contribution in [-0.2, 0) is 6.54 Å². The summed E-state index contributed by atoms with van der Waals surface area (Å²) in [6.07, 6.45) is 1.26. The molecule has 1 aromatic heterocycles. The number of halogens is 1. The Hall–Kier alpha value is -0.160. The molecule has 2 N–H and O–H groups in total. The van der Waals surface area contributed by atoms with Crippen LogP contribution in [-0.4, -0.2) is 29.5 Å². The number of aryl methyl sites for hydroxylation is 2. The molecule has 0 radical (unpaired) electrons. The number of aromatic nitrogens is 1. The Morgan fingerprint density at radius 2 is 2.25 bits per heavy atom. The minimum Gasteiger partial charge on any atom is -0.330 e. The van der Waals surface area contributed by atoms with Crippen molar-refractivity contribution in [3.8, 4) is 0 Å². The van der Waals surface area contributed by atoms with Gasteiger partial charge in [0.25, 0.3) is 0 Å². The molecule has 1 aliphatic rings. The van der Waals surface area contributed by atoms with Crippen molar-refractivity contribution in [3.05, 3.63) is 15.6 Å². The third-order valence-electron chi connectivity index (χ3n) is 3.07. The van der Waals surface area contributed by atoms with Gasteiger partial charge in [0, 0.05) is 18.0 Å². The van der Waals surface area contributed by atoms with Crippen molar-refractivity contribution in [3.63, 3.8) is 0 Å². The Labute approximate surface area is 107 Å². The van der Waals surface area contributed by atoms with Gasteiger partial charge in [0.15, 0.2) is 0 Å². The molecule has 1 aromatic rings. The largest absolute Gasteiger partial charge is 0.330 e. The molecule has 1 unspecified atom stereocenters. The van der Waals surface area contributed by atoms with Crippen LogP contribution in [0.15, 0.2) is 0 Å². The number of nitrogens with two attached hydrogens (primary N) is 1. The highest BCUT2D eigenvalue weighted by Crippen LogP contribution is 2.23. The Kier molecular flexibility index (Phi) is 5.18. The molecule has 1 fully saturated rings. The first-order valence-electron chi connectivity index (χ1n) is 5.54. The summed E-state index contributed by atoms with van der Waals surface area (Å²) in [5.74, 6) is 0.708. The average molecular weight is 262 g/mol. The molecule has 3 nitrogen and oxygen atoms in total. The highest BCUT2D eigenvalue weighted by atomic mass is 35.5. The first kappa shape index (κ1) is 13.9. The summed E-state index contributed by atoms with van der Waals surface area (Å²) in [7, 11) is 0. The molecule has 92 valence electrons. The van der Waals surface area contributed by atoms with Crippen molar-refractivity contribution in [2.75, 3.05) is 19.6 Å². The predicted octanol–water partition coefficient (Wildman–Crippen LogP) is 1.96. The summed E-state index contributed by atoms with van der Waals surface area (Å²) in [6.45, 7) is 8.43. The van der Waals surface area contributed by atoms with E-state index in [1.54, 1.807) is 0 Å². The summed E-state index contributed by atoms with van der Waals surface area (Å²) in [6, 6.07) is 0. The lowest BCUT2D eigenvalue weighted by molar-refractivity contribution is 0.320. The lowest BCUT2D eigenvalue weighted by atomic mass is 10.1. The maximum Gasteiger partial charge on any atom is 0.0900 e. The maximum absolute atomic E-state index is 5.69. The molecule has 0 saturated carbocycles. The van der Waals surface area contributed by atoms with E-state index in [-0.39, 0.29) is 12.4 Å². The first-order valence-corrected chi connectivity index (χ1v) is 6.36. The summed E-state index contributed by atoms with van der Waals surface area (Å²) < 4.78 is 0. The standard InChI is InChI=1S/C11H19N3S.ClH/c1-8-11(15-9(2)13-8)7-14-4-3-10(5-12)6-14;/h10H,3-7,12H2,1-2H3;1H. The van der Waals surface area contributed by atoms with Crippen LogP contribution in [0.3, 0.4) is 0 Å². The zero-order valence-corrected chi connectivity index (χ0v) is 11.5. The highest BCUT2D eigenvalue weighted by Gasteiger charge is 2.22. The second-order valence-corrected chi connectivity index (χ2v) is 5.65. The van der Waals surface area contributed by atoms with Crippen LogP contribution in [0, 0.1) is 19.8 Å². The van der Waals surface area contributed by atoms with E-state index in [4.69, 9.17) is 5.73 Å². The molecular weight excluding hydrogens is 242 g/mol. The molecule has 0 amide bonds. The van der Waals surface area contributed by atoms with E-state index in [0.717, 1.165) is 19.6 Å². The monoisotopic (exact) mass is 261 g/mol. The van der Waals surface area contributed by atoms with E-state index >= 15 is 0 Å². The van der Waals surface area contributed by atoms with Gasteiger partial charge in [0.2, 0.25) is 0 Å². The van der Waals surface area contributed by atoms with Crippen molar-refractivity contribution < 1.29 is 0 Å². The molecule has 0 aromatic carbocycles. The third-order valence-corrected chi connectivity index (χ3v) is 4.13. The zero-order valence-electron chi connectivity index (χ0n) is 9.90. The minimum atomic E-state index is 0. The van der Waals surface area contributed by atoms with E-state index in [1.165, 1.54) is 28.5 Å². The smallest absolute Gasteiger partial charge is 0.0900 e. The molecule has 1 saturated heterocycles. The van der Waals surface area contributed by atoms with Crippen LogP contribution in [0.2, 0.25) is 0 Å². The number of rotatable bonds is 3. The van der Waals surface area contributed by atoms with Gasteiger partial charge in [0.1, 0.15) is 0 Å². The molecular formula is C11H20ClN3S. The minimum absolute atomic E-state index is 0. The molecule has 0 spiro atoms.